The highest BCUT2D eigenvalue weighted by Crippen LogP contribution is 2.41. The van der Waals surface area contributed by atoms with E-state index in [1.807, 2.05) is 31.4 Å². The number of halogens is 2. The van der Waals surface area contributed by atoms with Gasteiger partial charge >= 0.3 is 0 Å². The monoisotopic (exact) mass is 469 g/mol. The van der Waals surface area contributed by atoms with Crippen molar-refractivity contribution in [1.29, 1.82) is 0 Å². The molecule has 27 heavy (non-hydrogen) atoms. The molecular formula is C17H18BrClN5O2P. The van der Waals surface area contributed by atoms with Gasteiger partial charge in [0.05, 0.1) is 22.8 Å². The lowest BCUT2D eigenvalue weighted by atomic mass is 10.1. The van der Waals surface area contributed by atoms with Crippen LogP contribution in [-0.4, -0.2) is 40.2 Å². The fourth-order valence-corrected chi connectivity index (χ4v) is 4.21. The molecule has 3 rings (SSSR count). The molecule has 2 heterocycles. The van der Waals surface area contributed by atoms with E-state index >= 15 is 0 Å². The van der Waals surface area contributed by atoms with E-state index in [9.17, 15) is 4.57 Å². The lowest BCUT2D eigenvalue weighted by Gasteiger charge is -2.17. The molecule has 2 aromatic heterocycles. The highest BCUT2D eigenvalue weighted by Gasteiger charge is 2.20. The first-order valence-electron chi connectivity index (χ1n) is 7.91. The summed E-state index contributed by atoms with van der Waals surface area (Å²) in [5, 5.41) is 8.28. The van der Waals surface area contributed by atoms with Crippen LogP contribution in [0.5, 0.6) is 5.88 Å². The third kappa shape index (κ3) is 4.34. The zero-order valence-electron chi connectivity index (χ0n) is 15.2. The van der Waals surface area contributed by atoms with Gasteiger partial charge in [0.25, 0.3) is 0 Å². The van der Waals surface area contributed by atoms with Crippen LogP contribution >= 0.6 is 34.7 Å². The van der Waals surface area contributed by atoms with Crippen LogP contribution in [0.15, 0.2) is 35.1 Å². The number of ether oxygens (including phenoxy) is 1. The van der Waals surface area contributed by atoms with Crippen molar-refractivity contribution in [2.75, 3.05) is 25.8 Å². The summed E-state index contributed by atoms with van der Waals surface area (Å²) < 4.78 is 20.6. The highest BCUT2D eigenvalue weighted by atomic mass is 79.9. The second-order valence-electron chi connectivity index (χ2n) is 6.27. The van der Waals surface area contributed by atoms with Gasteiger partial charge < -0.3 is 14.6 Å². The summed E-state index contributed by atoms with van der Waals surface area (Å²) in [4.78, 5) is 8.09. The number of anilines is 2. The minimum atomic E-state index is -2.61. The molecule has 0 amide bonds. The van der Waals surface area contributed by atoms with Gasteiger partial charge in [0.1, 0.15) is 13.0 Å². The lowest BCUT2D eigenvalue weighted by molar-refractivity contribution is 0.393. The Morgan fingerprint density at radius 3 is 2.74 bits per heavy atom. The van der Waals surface area contributed by atoms with Gasteiger partial charge in [0.15, 0.2) is 0 Å². The van der Waals surface area contributed by atoms with Crippen LogP contribution in [0.4, 0.5) is 11.5 Å². The molecule has 10 heteroatoms. The van der Waals surface area contributed by atoms with E-state index in [2.05, 4.69) is 36.3 Å². The number of benzene rings is 1. The Kier molecular flexibility index (Phi) is 5.60. The predicted octanol–water partition coefficient (Wildman–Crippen LogP) is 4.29. The van der Waals surface area contributed by atoms with Crippen molar-refractivity contribution < 1.29 is 9.30 Å². The number of methoxy groups -OCH3 is 1. The summed E-state index contributed by atoms with van der Waals surface area (Å²) in [6, 6.07) is 5.66. The Bertz CT molecular complexity index is 1050. The number of hydrogen-bond donors (Lipinski definition) is 1. The first-order chi connectivity index (χ1) is 12.7. The van der Waals surface area contributed by atoms with Gasteiger partial charge in [-0.2, -0.15) is 4.98 Å². The van der Waals surface area contributed by atoms with Gasteiger partial charge in [-0.1, -0.05) is 6.07 Å². The van der Waals surface area contributed by atoms with Crippen LogP contribution < -0.4 is 15.4 Å². The summed E-state index contributed by atoms with van der Waals surface area (Å²) in [5.74, 6) is 1.01. The van der Waals surface area contributed by atoms with E-state index in [-0.39, 0.29) is 5.28 Å². The molecule has 0 fully saturated rings. The Hall–Kier alpha value is -1.89. The summed E-state index contributed by atoms with van der Waals surface area (Å²) in [5.41, 5.74) is 2.38. The Balaban J connectivity index is 2.10. The molecule has 0 spiro atoms. The first-order valence-corrected chi connectivity index (χ1v) is 11.7. The Morgan fingerprint density at radius 2 is 2.07 bits per heavy atom. The van der Waals surface area contributed by atoms with E-state index < -0.39 is 7.14 Å². The average molecular weight is 471 g/mol. The van der Waals surface area contributed by atoms with Crippen LogP contribution in [0.2, 0.25) is 5.28 Å². The summed E-state index contributed by atoms with van der Waals surface area (Å²) in [6.07, 6.45) is 3.42. The molecule has 142 valence electrons. The van der Waals surface area contributed by atoms with Crippen molar-refractivity contribution in [2.45, 2.75) is 0 Å². The second-order valence-corrected chi connectivity index (χ2v) is 10.6. The van der Waals surface area contributed by atoms with Crippen LogP contribution in [0.3, 0.4) is 0 Å². The van der Waals surface area contributed by atoms with Crippen LogP contribution in [0.1, 0.15) is 0 Å². The number of aryl methyl sites for hydroxylation is 1. The predicted molar refractivity (Wildman–Crippen MR) is 112 cm³/mol. The first kappa shape index (κ1) is 19.9. The second kappa shape index (κ2) is 7.62. The van der Waals surface area contributed by atoms with Crippen LogP contribution in [0.25, 0.3) is 11.1 Å². The zero-order chi connectivity index (χ0) is 19.8. The van der Waals surface area contributed by atoms with E-state index in [1.54, 1.807) is 31.3 Å². The van der Waals surface area contributed by atoms with Gasteiger partial charge in [-0.25, -0.2) is 4.98 Å². The van der Waals surface area contributed by atoms with Crippen molar-refractivity contribution in [2.24, 2.45) is 7.05 Å². The molecule has 0 atom stereocenters. The number of nitrogens with one attached hydrogen (secondary N) is 1. The van der Waals surface area contributed by atoms with Gasteiger partial charge in [0, 0.05) is 24.7 Å². The molecule has 7 nitrogen and oxygen atoms in total. The Morgan fingerprint density at radius 1 is 1.33 bits per heavy atom. The maximum Gasteiger partial charge on any atom is 0.240 e. The highest BCUT2D eigenvalue weighted by molar-refractivity contribution is 9.10. The molecule has 0 saturated carbocycles. The number of rotatable bonds is 5. The number of aromatic nitrogens is 4. The van der Waals surface area contributed by atoms with Crippen molar-refractivity contribution in [3.63, 3.8) is 0 Å². The molecule has 0 radical (unpaired) electrons. The van der Waals surface area contributed by atoms with E-state index in [1.165, 1.54) is 0 Å². The number of hydrogen-bond acceptors (Lipinski definition) is 6. The molecule has 1 N–H and O–H groups in total. The summed E-state index contributed by atoms with van der Waals surface area (Å²) in [7, 11) is 0.790. The molecule has 0 bridgehead atoms. The van der Waals surface area contributed by atoms with Gasteiger partial charge in [0.2, 0.25) is 11.2 Å². The largest absolute Gasteiger partial charge is 0.479 e. The molecule has 1 aromatic carbocycles. The maximum absolute atomic E-state index is 13.0. The summed E-state index contributed by atoms with van der Waals surface area (Å²) >= 11 is 9.29. The van der Waals surface area contributed by atoms with E-state index in [0.717, 1.165) is 11.1 Å². The molecule has 3 aromatic rings. The molecule has 0 saturated heterocycles. The molecular weight excluding hydrogens is 453 g/mol. The normalized spacial score (nSPS) is 11.5. The van der Waals surface area contributed by atoms with Crippen LogP contribution in [-0.2, 0) is 11.6 Å². The molecule has 0 aliphatic heterocycles. The third-order valence-corrected chi connectivity index (χ3v) is 6.14. The SMILES string of the molecule is COc1nn(C)cc1-c1ccc(Nc2nc(Cl)ncc2Br)c(P(C)(C)=O)c1. The van der Waals surface area contributed by atoms with Crippen molar-refractivity contribution in [3.8, 4) is 17.0 Å². The summed E-state index contributed by atoms with van der Waals surface area (Å²) in [6.45, 7) is 3.44. The van der Waals surface area contributed by atoms with Crippen molar-refractivity contribution in [1.82, 2.24) is 19.7 Å². The minimum Gasteiger partial charge on any atom is -0.479 e. The minimum absolute atomic E-state index is 0.121. The van der Waals surface area contributed by atoms with Crippen LogP contribution in [0, 0.1) is 0 Å². The van der Waals surface area contributed by atoms with Gasteiger partial charge in [-0.15, -0.1) is 5.10 Å². The Labute approximate surface area is 170 Å². The molecule has 0 aliphatic carbocycles. The topological polar surface area (TPSA) is 81.9 Å². The number of nitrogens with zero attached hydrogens (tertiary/aromatic N) is 4. The fourth-order valence-electron chi connectivity index (χ4n) is 2.63. The molecule has 0 aliphatic rings. The lowest BCUT2D eigenvalue weighted by Crippen LogP contribution is -2.11. The smallest absolute Gasteiger partial charge is 0.240 e. The van der Waals surface area contributed by atoms with E-state index in [0.29, 0.717) is 27.2 Å². The molecule has 0 unspecified atom stereocenters. The quantitative estimate of drug-likeness (QED) is 0.442. The van der Waals surface area contributed by atoms with Crippen molar-refractivity contribution in [3.05, 3.63) is 40.3 Å². The van der Waals surface area contributed by atoms with Gasteiger partial charge in [-0.05, 0) is 58.6 Å². The zero-order valence-corrected chi connectivity index (χ0v) is 18.4. The standard InChI is InChI=1S/C17H18BrClN5O2P/c1-24-9-11(16(23-24)26-2)10-5-6-13(14(7-10)27(3,4)25)21-15-12(18)8-20-17(19)22-15/h5-9H,1-4H3,(H,20,21,22). The van der Waals surface area contributed by atoms with E-state index in [4.69, 9.17) is 16.3 Å². The fraction of sp³-hybridized carbons (Fsp3) is 0.235. The average Bonchev–Trinajstić information content (AvgIpc) is 2.98. The third-order valence-electron chi connectivity index (χ3n) is 3.84. The van der Waals surface area contributed by atoms with Crippen molar-refractivity contribution >= 4 is 51.5 Å². The maximum atomic E-state index is 13.0. The van der Waals surface area contributed by atoms with Gasteiger partial charge in [-0.3, -0.25) is 4.68 Å².